The summed E-state index contributed by atoms with van der Waals surface area (Å²) in [6.07, 6.45) is 0.216. The number of aliphatic hydroxyl groups excluding tert-OH is 2. The predicted molar refractivity (Wildman–Crippen MR) is 65.4 cm³/mol. The van der Waals surface area contributed by atoms with Gasteiger partial charge < -0.3 is 20.3 Å². The first kappa shape index (κ1) is 15.8. The lowest BCUT2D eigenvalue weighted by Gasteiger charge is -2.32. The van der Waals surface area contributed by atoms with Gasteiger partial charge in [0.05, 0.1) is 12.7 Å². The second-order valence-corrected chi connectivity index (χ2v) is 5.15. The molecule has 2 atom stereocenters. The minimum absolute atomic E-state index is 0.0774. The van der Waals surface area contributed by atoms with Crippen LogP contribution >= 0.6 is 0 Å². The van der Waals surface area contributed by atoms with E-state index in [-0.39, 0.29) is 18.1 Å². The number of rotatable bonds is 8. The molecule has 0 aliphatic rings. The summed E-state index contributed by atoms with van der Waals surface area (Å²) in [5.74, 6) is 0. The summed E-state index contributed by atoms with van der Waals surface area (Å²) in [7, 11) is 0. The van der Waals surface area contributed by atoms with E-state index >= 15 is 0 Å². The van der Waals surface area contributed by atoms with Crippen molar-refractivity contribution in [1.82, 2.24) is 5.32 Å². The molecule has 0 aromatic heterocycles. The Morgan fingerprint density at radius 1 is 1.31 bits per heavy atom. The van der Waals surface area contributed by atoms with E-state index in [2.05, 4.69) is 26.1 Å². The molecule has 3 N–H and O–H groups in total. The first-order chi connectivity index (χ1) is 7.41. The summed E-state index contributed by atoms with van der Waals surface area (Å²) in [6, 6.07) is 0.203. The minimum atomic E-state index is -0.483. The molecule has 0 aliphatic carbocycles. The molecule has 0 radical (unpaired) electrons. The fourth-order valence-corrected chi connectivity index (χ4v) is 1.56. The van der Waals surface area contributed by atoms with E-state index in [1.807, 2.05) is 6.92 Å². The van der Waals surface area contributed by atoms with Crippen LogP contribution in [0.5, 0.6) is 0 Å². The number of nitrogens with one attached hydrogen (secondary N) is 1. The fourth-order valence-electron chi connectivity index (χ4n) is 1.56. The van der Waals surface area contributed by atoms with Gasteiger partial charge in [-0.05, 0) is 18.8 Å². The lowest BCUT2D eigenvalue weighted by Crippen LogP contribution is -2.45. The Balaban J connectivity index is 3.92. The summed E-state index contributed by atoms with van der Waals surface area (Å²) < 4.78 is 5.13. The van der Waals surface area contributed by atoms with Crippen molar-refractivity contribution in [2.75, 3.05) is 26.4 Å². The van der Waals surface area contributed by atoms with Gasteiger partial charge in [-0.3, -0.25) is 0 Å². The average molecular weight is 233 g/mol. The Bertz CT molecular complexity index is 168. The molecule has 0 aliphatic heterocycles. The van der Waals surface area contributed by atoms with Gasteiger partial charge in [0.1, 0.15) is 0 Å². The zero-order chi connectivity index (χ0) is 12.6. The van der Waals surface area contributed by atoms with E-state index in [9.17, 15) is 5.11 Å². The minimum Gasteiger partial charge on any atom is -0.396 e. The van der Waals surface area contributed by atoms with Crippen LogP contribution in [0.3, 0.4) is 0 Å². The first-order valence-electron chi connectivity index (χ1n) is 6.01. The molecule has 0 heterocycles. The summed E-state index contributed by atoms with van der Waals surface area (Å²) in [4.78, 5) is 0. The lowest BCUT2D eigenvalue weighted by atomic mass is 9.85. The maximum absolute atomic E-state index is 9.61. The van der Waals surface area contributed by atoms with Crippen LogP contribution in [0, 0.1) is 5.41 Å². The molecule has 0 amide bonds. The van der Waals surface area contributed by atoms with E-state index in [1.54, 1.807) is 0 Å². The largest absolute Gasteiger partial charge is 0.396 e. The van der Waals surface area contributed by atoms with Crippen LogP contribution in [0.25, 0.3) is 0 Å². The van der Waals surface area contributed by atoms with Gasteiger partial charge in [0.15, 0.2) is 0 Å². The molecule has 0 aromatic carbocycles. The highest BCUT2D eigenvalue weighted by Gasteiger charge is 2.24. The smallest absolute Gasteiger partial charge is 0.0897 e. The number of aliphatic hydroxyl groups is 2. The van der Waals surface area contributed by atoms with Crippen molar-refractivity contribution in [3.63, 3.8) is 0 Å². The van der Waals surface area contributed by atoms with Gasteiger partial charge >= 0.3 is 0 Å². The van der Waals surface area contributed by atoms with Gasteiger partial charge in [0, 0.05) is 25.8 Å². The molecular formula is C12H27NO3. The average Bonchev–Trinajstić information content (AvgIpc) is 2.19. The highest BCUT2D eigenvalue weighted by molar-refractivity contribution is 4.81. The van der Waals surface area contributed by atoms with Crippen molar-refractivity contribution >= 4 is 0 Å². The van der Waals surface area contributed by atoms with Crippen molar-refractivity contribution in [1.29, 1.82) is 0 Å². The molecule has 0 spiro atoms. The lowest BCUT2D eigenvalue weighted by molar-refractivity contribution is 0.0378. The number of ether oxygens (including phenoxy) is 1. The van der Waals surface area contributed by atoms with Crippen LogP contribution < -0.4 is 5.32 Å². The highest BCUT2D eigenvalue weighted by atomic mass is 16.5. The summed E-state index contributed by atoms with van der Waals surface area (Å²) in [5, 5.41) is 21.9. The second-order valence-electron chi connectivity index (χ2n) is 5.15. The monoisotopic (exact) mass is 233 g/mol. The van der Waals surface area contributed by atoms with E-state index in [0.29, 0.717) is 26.2 Å². The predicted octanol–water partition coefficient (Wildman–Crippen LogP) is 0.770. The molecule has 0 saturated carbocycles. The maximum Gasteiger partial charge on any atom is 0.0897 e. The van der Waals surface area contributed by atoms with Crippen LogP contribution in [-0.2, 0) is 4.74 Å². The van der Waals surface area contributed by atoms with Crippen molar-refractivity contribution in [2.24, 2.45) is 5.41 Å². The third-order valence-corrected chi connectivity index (χ3v) is 2.58. The summed E-state index contributed by atoms with van der Waals surface area (Å²) >= 11 is 0. The number of hydrogen-bond acceptors (Lipinski definition) is 4. The van der Waals surface area contributed by atoms with Crippen molar-refractivity contribution < 1.29 is 14.9 Å². The van der Waals surface area contributed by atoms with Gasteiger partial charge in [-0.2, -0.15) is 0 Å². The molecule has 0 rings (SSSR count). The van der Waals surface area contributed by atoms with Gasteiger partial charge in [-0.25, -0.2) is 0 Å². The van der Waals surface area contributed by atoms with E-state index in [4.69, 9.17) is 9.84 Å². The van der Waals surface area contributed by atoms with E-state index < -0.39 is 6.10 Å². The Labute approximate surface area is 99.0 Å². The van der Waals surface area contributed by atoms with E-state index in [1.165, 1.54) is 0 Å². The molecule has 0 aromatic rings. The standard InChI is InChI=1S/C12H27NO3/c1-5-16-9-10(15)8-13-11(6-7-14)12(2,3)4/h10-11,13-15H,5-9H2,1-4H3. The molecular weight excluding hydrogens is 206 g/mol. The molecule has 16 heavy (non-hydrogen) atoms. The molecule has 0 saturated heterocycles. The molecule has 0 bridgehead atoms. The van der Waals surface area contributed by atoms with Gasteiger partial charge in [0.25, 0.3) is 0 Å². The van der Waals surface area contributed by atoms with Crippen LogP contribution in [-0.4, -0.2) is 48.7 Å². The number of hydrogen-bond donors (Lipinski definition) is 3. The van der Waals surface area contributed by atoms with Crippen molar-refractivity contribution in [2.45, 2.75) is 46.3 Å². The highest BCUT2D eigenvalue weighted by Crippen LogP contribution is 2.21. The maximum atomic E-state index is 9.61. The van der Waals surface area contributed by atoms with Gasteiger partial charge in [-0.1, -0.05) is 20.8 Å². The van der Waals surface area contributed by atoms with E-state index in [0.717, 1.165) is 0 Å². The normalized spacial score (nSPS) is 16.1. The van der Waals surface area contributed by atoms with Gasteiger partial charge in [-0.15, -0.1) is 0 Å². The SMILES string of the molecule is CCOCC(O)CNC(CCO)C(C)(C)C. The topological polar surface area (TPSA) is 61.7 Å². The Kier molecular flexibility index (Phi) is 7.93. The Hall–Kier alpha value is -0.160. The zero-order valence-electron chi connectivity index (χ0n) is 11.0. The fraction of sp³-hybridized carbons (Fsp3) is 1.00. The Morgan fingerprint density at radius 3 is 2.38 bits per heavy atom. The second kappa shape index (κ2) is 8.01. The van der Waals surface area contributed by atoms with Crippen molar-refractivity contribution in [3.05, 3.63) is 0 Å². The molecule has 2 unspecified atom stereocenters. The van der Waals surface area contributed by atoms with Crippen LogP contribution in [0.15, 0.2) is 0 Å². The molecule has 98 valence electrons. The molecule has 4 heteroatoms. The Morgan fingerprint density at radius 2 is 1.94 bits per heavy atom. The van der Waals surface area contributed by atoms with Gasteiger partial charge in [0.2, 0.25) is 0 Å². The van der Waals surface area contributed by atoms with Crippen molar-refractivity contribution in [3.8, 4) is 0 Å². The third kappa shape index (κ3) is 7.17. The van der Waals surface area contributed by atoms with Crippen LogP contribution in [0.1, 0.15) is 34.1 Å². The summed E-state index contributed by atoms with van der Waals surface area (Å²) in [6.45, 7) is 9.91. The molecule has 4 nitrogen and oxygen atoms in total. The third-order valence-electron chi connectivity index (χ3n) is 2.58. The first-order valence-corrected chi connectivity index (χ1v) is 6.01. The molecule has 0 fully saturated rings. The van der Waals surface area contributed by atoms with Crippen LogP contribution in [0.4, 0.5) is 0 Å². The van der Waals surface area contributed by atoms with Crippen LogP contribution in [0.2, 0.25) is 0 Å². The quantitative estimate of drug-likeness (QED) is 0.579. The summed E-state index contributed by atoms with van der Waals surface area (Å²) in [5.41, 5.74) is 0.0774. The zero-order valence-corrected chi connectivity index (χ0v) is 11.0.